The molecule has 0 fully saturated rings. The summed E-state index contributed by atoms with van der Waals surface area (Å²) in [5, 5.41) is 3.21. The van der Waals surface area contributed by atoms with Crippen LogP contribution in [0.25, 0.3) is 11.3 Å². The van der Waals surface area contributed by atoms with Crippen LogP contribution in [0, 0.1) is 0 Å². The number of methoxy groups -OCH3 is 2. The molecule has 31 heavy (non-hydrogen) atoms. The first-order valence-corrected chi connectivity index (χ1v) is 11.4. The maximum Gasteiger partial charge on any atom is 0.215 e. The van der Waals surface area contributed by atoms with Crippen LogP contribution in [0.1, 0.15) is 12.0 Å². The number of benzene rings is 2. The highest BCUT2D eigenvalue weighted by atomic mass is 32.2. The van der Waals surface area contributed by atoms with E-state index in [-0.39, 0.29) is 5.75 Å². The quantitative estimate of drug-likeness (QED) is 0.439. The molecule has 2 N–H and O–H groups in total. The third-order valence-corrected chi connectivity index (χ3v) is 5.81. The summed E-state index contributed by atoms with van der Waals surface area (Å²) in [6.45, 7) is 0.860. The van der Waals surface area contributed by atoms with Gasteiger partial charge in [-0.1, -0.05) is 24.3 Å². The fraction of sp³-hybridized carbons (Fsp3) is 0.273. The van der Waals surface area contributed by atoms with Gasteiger partial charge < -0.3 is 14.8 Å². The van der Waals surface area contributed by atoms with E-state index >= 15 is 0 Å². The van der Waals surface area contributed by atoms with E-state index in [1.54, 1.807) is 32.4 Å². The second kappa shape index (κ2) is 10.9. The predicted molar refractivity (Wildman–Crippen MR) is 121 cm³/mol. The second-order valence-corrected chi connectivity index (χ2v) is 8.62. The third-order valence-electron chi connectivity index (χ3n) is 4.45. The van der Waals surface area contributed by atoms with Crippen LogP contribution in [0.2, 0.25) is 0 Å². The van der Waals surface area contributed by atoms with Crippen LogP contribution in [-0.2, 0) is 20.5 Å². The van der Waals surface area contributed by atoms with Crippen molar-refractivity contribution in [2.75, 3.05) is 32.7 Å². The normalized spacial score (nSPS) is 11.3. The lowest BCUT2D eigenvalue weighted by Crippen LogP contribution is -2.26. The Balaban J connectivity index is 1.71. The summed E-state index contributed by atoms with van der Waals surface area (Å²) in [7, 11) is -0.225. The molecule has 1 heterocycles. The van der Waals surface area contributed by atoms with Gasteiger partial charge >= 0.3 is 0 Å². The van der Waals surface area contributed by atoms with Crippen LogP contribution >= 0.6 is 0 Å². The Morgan fingerprint density at radius 2 is 1.84 bits per heavy atom. The van der Waals surface area contributed by atoms with Gasteiger partial charge in [-0.2, -0.15) is 0 Å². The van der Waals surface area contributed by atoms with E-state index < -0.39 is 10.0 Å². The van der Waals surface area contributed by atoms with Crippen LogP contribution in [-0.4, -0.2) is 45.8 Å². The standard InChI is InChI=1S/C22H26N4O4S/c1-29-12-6-11-25-31(27,28)15-17-7-5-8-18(13-17)26-22-14-20(23-16-24-22)19-9-3-4-10-21(19)30-2/h3-5,7-10,13-14,16,25H,6,11-12,15H2,1-2H3,(H,23,24,26). The fourth-order valence-corrected chi connectivity index (χ4v) is 4.21. The van der Waals surface area contributed by atoms with Crippen LogP contribution in [0.5, 0.6) is 5.75 Å². The molecule has 0 atom stereocenters. The molecule has 164 valence electrons. The molecule has 0 aliphatic carbocycles. The Morgan fingerprint density at radius 1 is 1.00 bits per heavy atom. The van der Waals surface area contributed by atoms with Crippen molar-refractivity contribution < 1.29 is 17.9 Å². The summed E-state index contributed by atoms with van der Waals surface area (Å²) in [5.41, 5.74) is 2.98. The molecular formula is C22H26N4O4S. The van der Waals surface area contributed by atoms with Gasteiger partial charge in [0, 0.05) is 37.6 Å². The predicted octanol–water partition coefficient (Wildman–Crippen LogP) is 3.35. The second-order valence-electron chi connectivity index (χ2n) is 6.81. The van der Waals surface area contributed by atoms with Crippen molar-refractivity contribution in [1.29, 1.82) is 0 Å². The van der Waals surface area contributed by atoms with Gasteiger partial charge in [-0.15, -0.1) is 0 Å². The van der Waals surface area contributed by atoms with Crippen molar-refractivity contribution in [3.8, 4) is 17.0 Å². The Hall–Kier alpha value is -3.01. The number of para-hydroxylation sites is 1. The number of nitrogens with zero attached hydrogens (tertiary/aromatic N) is 2. The number of sulfonamides is 1. The van der Waals surface area contributed by atoms with E-state index in [0.29, 0.717) is 36.6 Å². The van der Waals surface area contributed by atoms with Crippen LogP contribution in [0.15, 0.2) is 60.9 Å². The van der Waals surface area contributed by atoms with Crippen molar-refractivity contribution in [1.82, 2.24) is 14.7 Å². The molecule has 1 aromatic heterocycles. The molecule has 0 saturated carbocycles. The fourth-order valence-electron chi connectivity index (χ4n) is 3.03. The molecule has 3 aromatic rings. The molecule has 0 unspecified atom stereocenters. The largest absolute Gasteiger partial charge is 0.496 e. The summed E-state index contributed by atoms with van der Waals surface area (Å²) in [5.74, 6) is 1.21. The van der Waals surface area contributed by atoms with Gasteiger partial charge in [0.05, 0.1) is 18.6 Å². The third kappa shape index (κ3) is 6.74. The molecule has 0 saturated heterocycles. The number of ether oxygens (including phenoxy) is 2. The molecule has 0 bridgehead atoms. The maximum absolute atomic E-state index is 12.3. The molecule has 2 aromatic carbocycles. The highest BCUT2D eigenvalue weighted by Gasteiger charge is 2.12. The lowest BCUT2D eigenvalue weighted by atomic mass is 10.1. The zero-order valence-electron chi connectivity index (χ0n) is 17.5. The number of nitrogens with one attached hydrogen (secondary N) is 2. The highest BCUT2D eigenvalue weighted by molar-refractivity contribution is 7.88. The van der Waals surface area contributed by atoms with Crippen molar-refractivity contribution >= 4 is 21.5 Å². The van der Waals surface area contributed by atoms with Crippen LogP contribution in [0.4, 0.5) is 11.5 Å². The lowest BCUT2D eigenvalue weighted by Gasteiger charge is -2.11. The van der Waals surface area contributed by atoms with Crippen molar-refractivity contribution in [3.05, 3.63) is 66.5 Å². The molecule has 0 amide bonds. The summed E-state index contributed by atoms with van der Waals surface area (Å²) in [6.07, 6.45) is 2.10. The summed E-state index contributed by atoms with van der Waals surface area (Å²) >= 11 is 0. The number of anilines is 2. The molecule has 0 aliphatic heterocycles. The summed E-state index contributed by atoms with van der Waals surface area (Å²) in [4.78, 5) is 8.61. The molecule has 0 aliphatic rings. The van der Waals surface area contributed by atoms with Gasteiger partial charge in [0.2, 0.25) is 10.0 Å². The Kier molecular flexibility index (Phi) is 7.94. The van der Waals surface area contributed by atoms with Crippen LogP contribution < -0.4 is 14.8 Å². The van der Waals surface area contributed by atoms with Gasteiger partial charge in [0.25, 0.3) is 0 Å². The first kappa shape index (κ1) is 22.7. The number of hydrogen-bond acceptors (Lipinski definition) is 7. The van der Waals surface area contributed by atoms with E-state index in [0.717, 1.165) is 17.0 Å². The minimum absolute atomic E-state index is 0.105. The zero-order valence-corrected chi connectivity index (χ0v) is 18.4. The number of hydrogen-bond donors (Lipinski definition) is 2. The first-order valence-electron chi connectivity index (χ1n) is 9.78. The zero-order chi connectivity index (χ0) is 22.1. The van der Waals surface area contributed by atoms with Gasteiger partial charge in [-0.05, 0) is 36.2 Å². The van der Waals surface area contributed by atoms with E-state index in [2.05, 4.69) is 20.0 Å². The Bertz CT molecular complexity index is 1110. The van der Waals surface area contributed by atoms with E-state index in [1.165, 1.54) is 6.33 Å². The Labute approximate surface area is 182 Å². The minimum Gasteiger partial charge on any atom is -0.496 e. The molecule has 3 rings (SSSR count). The van der Waals surface area contributed by atoms with E-state index in [1.807, 2.05) is 36.4 Å². The SMILES string of the molecule is COCCCNS(=O)(=O)Cc1cccc(Nc2cc(-c3ccccc3OC)ncn2)c1. The first-order chi connectivity index (χ1) is 15.0. The summed E-state index contributed by atoms with van der Waals surface area (Å²) in [6, 6.07) is 16.7. The van der Waals surface area contributed by atoms with Crippen molar-refractivity contribution in [3.63, 3.8) is 0 Å². The highest BCUT2D eigenvalue weighted by Crippen LogP contribution is 2.29. The van der Waals surface area contributed by atoms with Crippen molar-refractivity contribution in [2.45, 2.75) is 12.2 Å². The topological polar surface area (TPSA) is 102 Å². The number of aromatic nitrogens is 2. The molecule has 0 radical (unpaired) electrons. The van der Waals surface area contributed by atoms with Crippen molar-refractivity contribution in [2.24, 2.45) is 0 Å². The van der Waals surface area contributed by atoms with Gasteiger partial charge in [0.15, 0.2) is 0 Å². The van der Waals surface area contributed by atoms with E-state index in [9.17, 15) is 8.42 Å². The van der Waals surface area contributed by atoms with Gasteiger partial charge in [-0.3, -0.25) is 0 Å². The molecule has 9 heteroatoms. The average molecular weight is 443 g/mol. The smallest absolute Gasteiger partial charge is 0.215 e. The summed E-state index contributed by atoms with van der Waals surface area (Å²) < 4.78 is 37.5. The number of rotatable bonds is 11. The Morgan fingerprint density at radius 3 is 2.65 bits per heavy atom. The molecular weight excluding hydrogens is 416 g/mol. The molecule has 8 nitrogen and oxygen atoms in total. The monoisotopic (exact) mass is 442 g/mol. The van der Waals surface area contributed by atoms with Crippen LogP contribution in [0.3, 0.4) is 0 Å². The lowest BCUT2D eigenvalue weighted by molar-refractivity contribution is 0.196. The van der Waals surface area contributed by atoms with Gasteiger partial charge in [0.1, 0.15) is 17.9 Å². The van der Waals surface area contributed by atoms with E-state index in [4.69, 9.17) is 9.47 Å². The molecule has 0 spiro atoms. The minimum atomic E-state index is -3.43. The average Bonchev–Trinajstić information content (AvgIpc) is 2.77. The maximum atomic E-state index is 12.3. The van der Waals surface area contributed by atoms with Gasteiger partial charge in [-0.25, -0.2) is 23.1 Å².